The van der Waals surface area contributed by atoms with Crippen LogP contribution in [-0.2, 0) is 9.53 Å². The van der Waals surface area contributed by atoms with Crippen molar-refractivity contribution in [3.63, 3.8) is 0 Å². The van der Waals surface area contributed by atoms with Crippen LogP contribution < -0.4 is 0 Å². The molecule has 0 heterocycles. The van der Waals surface area contributed by atoms with E-state index in [-0.39, 0.29) is 5.76 Å². The van der Waals surface area contributed by atoms with Crippen molar-refractivity contribution in [3.8, 4) is 6.07 Å². The Hall–Kier alpha value is -2.60. The lowest BCUT2D eigenvalue weighted by Gasteiger charge is -2.02. The monoisotopic (exact) mass is 239 g/mol. The third kappa shape index (κ3) is 4.11. The number of nitriles is 1. The summed E-state index contributed by atoms with van der Waals surface area (Å²) in [6, 6.07) is 9.09. The van der Waals surface area contributed by atoms with Gasteiger partial charge in [0.25, 0.3) is 0 Å². The molecule has 0 unspecified atom stereocenters. The van der Waals surface area contributed by atoms with E-state index in [1.54, 1.807) is 36.4 Å². The average Bonchev–Trinajstić information content (AvgIpc) is 2.35. The van der Waals surface area contributed by atoms with Crippen molar-refractivity contribution in [2.45, 2.75) is 6.92 Å². The van der Waals surface area contributed by atoms with Crippen LogP contribution in [0.25, 0.3) is 5.57 Å². The van der Waals surface area contributed by atoms with Crippen LogP contribution in [0.15, 0.2) is 55.3 Å². The molecule has 0 aliphatic carbocycles. The molecule has 0 atom stereocenters. The van der Waals surface area contributed by atoms with Crippen LogP contribution >= 0.6 is 0 Å². The van der Waals surface area contributed by atoms with Crippen molar-refractivity contribution in [3.05, 3.63) is 66.5 Å². The van der Waals surface area contributed by atoms with E-state index in [0.717, 1.165) is 11.1 Å². The molecule has 0 spiro atoms. The molecule has 0 aliphatic heterocycles. The molecule has 1 aromatic rings. The maximum atomic E-state index is 10.7. The Kier molecular flexibility index (Phi) is 4.65. The van der Waals surface area contributed by atoms with Gasteiger partial charge in [0.05, 0.1) is 11.6 Å². The number of carbonyl (C=O) groups is 1. The summed E-state index contributed by atoms with van der Waals surface area (Å²) < 4.78 is 4.77. The lowest BCUT2D eigenvalue weighted by Crippen LogP contribution is -1.95. The summed E-state index contributed by atoms with van der Waals surface area (Å²) in [5.41, 5.74) is 2.23. The summed E-state index contributed by atoms with van der Waals surface area (Å²) in [5, 5.41) is 8.68. The Balaban J connectivity index is 2.70. The molecule has 3 nitrogen and oxygen atoms in total. The molecule has 3 heteroatoms. The van der Waals surface area contributed by atoms with E-state index in [0.29, 0.717) is 5.56 Å². The lowest BCUT2D eigenvalue weighted by atomic mass is 10.1. The van der Waals surface area contributed by atoms with Crippen molar-refractivity contribution >= 4 is 11.5 Å². The predicted molar refractivity (Wildman–Crippen MR) is 70.2 cm³/mol. The van der Waals surface area contributed by atoms with Crippen LogP contribution in [-0.4, -0.2) is 5.97 Å². The molecule has 0 saturated carbocycles. The fourth-order valence-corrected chi connectivity index (χ4v) is 1.27. The van der Waals surface area contributed by atoms with E-state index in [1.165, 1.54) is 6.92 Å². The first-order valence-corrected chi connectivity index (χ1v) is 5.28. The van der Waals surface area contributed by atoms with Gasteiger partial charge < -0.3 is 4.74 Å². The molecule has 0 saturated heterocycles. The van der Waals surface area contributed by atoms with Crippen LogP contribution in [0.4, 0.5) is 0 Å². The maximum absolute atomic E-state index is 10.7. The quantitative estimate of drug-likeness (QED) is 0.460. The molecule has 0 bridgehead atoms. The van der Waals surface area contributed by atoms with Crippen molar-refractivity contribution < 1.29 is 9.53 Å². The second kappa shape index (κ2) is 6.21. The normalized spacial score (nSPS) is 9.78. The zero-order chi connectivity index (χ0) is 13.5. The van der Waals surface area contributed by atoms with Gasteiger partial charge in [-0.3, -0.25) is 4.79 Å². The topological polar surface area (TPSA) is 50.1 Å². The Bertz CT molecular complexity index is 545. The standard InChI is InChI=1S/C15H13NO2/c1-11(4-5-12(2)18-13(3)17)15-8-6-14(10-16)7-9-15/h4-9H,1-2H2,3H3/b5-4-. The fourth-order valence-electron chi connectivity index (χ4n) is 1.27. The number of rotatable bonds is 4. The second-order valence-corrected chi connectivity index (χ2v) is 3.61. The molecular weight excluding hydrogens is 226 g/mol. The van der Waals surface area contributed by atoms with E-state index in [9.17, 15) is 4.79 Å². The lowest BCUT2D eigenvalue weighted by molar-refractivity contribution is -0.136. The van der Waals surface area contributed by atoms with Gasteiger partial charge in [0.15, 0.2) is 0 Å². The Morgan fingerprint density at radius 2 is 1.89 bits per heavy atom. The van der Waals surface area contributed by atoms with Crippen molar-refractivity contribution in [2.75, 3.05) is 0 Å². The molecule has 18 heavy (non-hydrogen) atoms. The molecule has 0 aromatic heterocycles. The minimum atomic E-state index is -0.409. The van der Waals surface area contributed by atoms with Gasteiger partial charge in [0.2, 0.25) is 0 Å². The van der Waals surface area contributed by atoms with Crippen LogP contribution in [0.3, 0.4) is 0 Å². The zero-order valence-corrected chi connectivity index (χ0v) is 10.1. The second-order valence-electron chi connectivity index (χ2n) is 3.61. The molecule has 0 fully saturated rings. The number of benzene rings is 1. The van der Waals surface area contributed by atoms with Crippen molar-refractivity contribution in [1.29, 1.82) is 5.26 Å². The fraction of sp³-hybridized carbons (Fsp3) is 0.0667. The van der Waals surface area contributed by atoms with Gasteiger partial charge in [-0.25, -0.2) is 0 Å². The Morgan fingerprint density at radius 3 is 2.39 bits per heavy atom. The number of carbonyl (C=O) groups excluding carboxylic acids is 1. The van der Waals surface area contributed by atoms with E-state index in [4.69, 9.17) is 10.00 Å². The number of hydrogen-bond donors (Lipinski definition) is 0. The highest BCUT2D eigenvalue weighted by atomic mass is 16.5. The molecular formula is C15H13NO2. The Morgan fingerprint density at radius 1 is 1.28 bits per heavy atom. The van der Waals surface area contributed by atoms with Crippen LogP contribution in [0.5, 0.6) is 0 Å². The summed E-state index contributed by atoms with van der Waals surface area (Å²) in [6.45, 7) is 8.77. The largest absolute Gasteiger partial charge is 0.427 e. The highest BCUT2D eigenvalue weighted by molar-refractivity contribution is 5.73. The number of esters is 1. The van der Waals surface area contributed by atoms with E-state index in [1.807, 2.05) is 6.07 Å². The minimum absolute atomic E-state index is 0.261. The smallest absolute Gasteiger partial charge is 0.308 e. The summed E-state index contributed by atoms with van der Waals surface area (Å²) in [6.07, 6.45) is 3.27. The van der Waals surface area contributed by atoms with Gasteiger partial charge in [-0.1, -0.05) is 31.4 Å². The number of ether oxygens (including phenoxy) is 1. The van der Waals surface area contributed by atoms with E-state index in [2.05, 4.69) is 13.2 Å². The van der Waals surface area contributed by atoms with Crippen LogP contribution in [0.1, 0.15) is 18.1 Å². The molecule has 1 aromatic carbocycles. The molecule has 90 valence electrons. The summed E-state index contributed by atoms with van der Waals surface area (Å²) in [4.78, 5) is 10.7. The van der Waals surface area contributed by atoms with Gasteiger partial charge in [-0.15, -0.1) is 0 Å². The van der Waals surface area contributed by atoms with Gasteiger partial charge in [0, 0.05) is 6.92 Å². The Labute approximate surface area is 106 Å². The van der Waals surface area contributed by atoms with Crippen molar-refractivity contribution in [2.24, 2.45) is 0 Å². The summed E-state index contributed by atoms with van der Waals surface area (Å²) in [7, 11) is 0. The highest BCUT2D eigenvalue weighted by Crippen LogP contribution is 2.15. The number of hydrogen-bond acceptors (Lipinski definition) is 3. The number of allylic oxidation sites excluding steroid dienone is 3. The van der Waals surface area contributed by atoms with Gasteiger partial charge in [0.1, 0.15) is 5.76 Å². The highest BCUT2D eigenvalue weighted by Gasteiger charge is 1.97. The van der Waals surface area contributed by atoms with Gasteiger partial charge in [-0.05, 0) is 29.3 Å². The molecule has 0 N–H and O–H groups in total. The molecule has 1 rings (SSSR count). The predicted octanol–water partition coefficient (Wildman–Crippen LogP) is 3.20. The van der Waals surface area contributed by atoms with E-state index >= 15 is 0 Å². The first-order valence-electron chi connectivity index (χ1n) is 5.28. The maximum Gasteiger partial charge on any atom is 0.308 e. The first kappa shape index (κ1) is 13.5. The third-order valence-corrected chi connectivity index (χ3v) is 2.13. The third-order valence-electron chi connectivity index (χ3n) is 2.13. The summed E-state index contributed by atoms with van der Waals surface area (Å²) >= 11 is 0. The zero-order valence-electron chi connectivity index (χ0n) is 10.1. The number of nitrogens with zero attached hydrogens (tertiary/aromatic N) is 1. The molecule has 0 amide bonds. The van der Waals surface area contributed by atoms with Crippen LogP contribution in [0, 0.1) is 11.3 Å². The molecule has 0 radical (unpaired) electrons. The minimum Gasteiger partial charge on any atom is -0.427 e. The van der Waals surface area contributed by atoms with Crippen molar-refractivity contribution in [1.82, 2.24) is 0 Å². The average molecular weight is 239 g/mol. The van der Waals surface area contributed by atoms with Gasteiger partial charge in [-0.2, -0.15) is 5.26 Å². The SMILES string of the molecule is C=C(/C=C\C(=C)c1ccc(C#N)cc1)OC(C)=O. The summed E-state index contributed by atoms with van der Waals surface area (Å²) in [5.74, 6) is -0.147. The van der Waals surface area contributed by atoms with Gasteiger partial charge >= 0.3 is 5.97 Å². The van der Waals surface area contributed by atoms with Crippen LogP contribution in [0.2, 0.25) is 0 Å². The van der Waals surface area contributed by atoms with E-state index < -0.39 is 5.97 Å². The first-order chi connectivity index (χ1) is 8.52. The molecule has 0 aliphatic rings.